The molecule has 1 amide bonds. The molecular formula is C18H19NO3. The fourth-order valence-electron chi connectivity index (χ4n) is 2.84. The van der Waals surface area contributed by atoms with E-state index in [4.69, 9.17) is 4.74 Å². The van der Waals surface area contributed by atoms with E-state index >= 15 is 0 Å². The number of ether oxygens (including phenoxy) is 1. The molecule has 2 aromatic rings. The van der Waals surface area contributed by atoms with Gasteiger partial charge in [-0.15, -0.1) is 0 Å². The summed E-state index contributed by atoms with van der Waals surface area (Å²) in [5.74, 6) is 0.952. The van der Waals surface area contributed by atoms with Crippen molar-refractivity contribution < 1.29 is 14.6 Å². The first-order valence-corrected chi connectivity index (χ1v) is 7.37. The Morgan fingerprint density at radius 3 is 2.73 bits per heavy atom. The van der Waals surface area contributed by atoms with Crippen molar-refractivity contribution in [3.05, 3.63) is 52.6 Å². The highest BCUT2D eigenvalue weighted by Gasteiger charge is 2.18. The number of benzene rings is 2. The number of hydrogen-bond acceptors (Lipinski definition) is 3. The molecule has 0 atom stereocenters. The molecule has 1 aliphatic rings. The summed E-state index contributed by atoms with van der Waals surface area (Å²) in [6.45, 7) is 4.08. The van der Waals surface area contributed by atoms with Gasteiger partial charge in [0.2, 0.25) is 0 Å². The zero-order chi connectivity index (χ0) is 15.7. The fourth-order valence-corrected chi connectivity index (χ4v) is 2.84. The van der Waals surface area contributed by atoms with Crippen molar-refractivity contribution in [2.45, 2.75) is 26.7 Å². The molecule has 3 rings (SSSR count). The van der Waals surface area contributed by atoms with Crippen LogP contribution in [0.25, 0.3) is 0 Å². The monoisotopic (exact) mass is 297 g/mol. The van der Waals surface area contributed by atoms with Crippen molar-refractivity contribution in [3.63, 3.8) is 0 Å². The molecule has 0 saturated carbocycles. The third kappa shape index (κ3) is 2.91. The molecule has 0 aromatic heterocycles. The first kappa shape index (κ1) is 14.4. The molecular weight excluding hydrogens is 278 g/mol. The Morgan fingerprint density at radius 2 is 1.95 bits per heavy atom. The highest BCUT2D eigenvalue weighted by molar-refractivity contribution is 5.95. The molecule has 1 heterocycles. The number of rotatable bonds is 3. The van der Waals surface area contributed by atoms with Gasteiger partial charge in [0.1, 0.15) is 11.5 Å². The van der Waals surface area contributed by atoms with Crippen LogP contribution in [0, 0.1) is 13.8 Å². The number of carbonyl (C=O) groups excluding carboxylic acids is 1. The number of aromatic hydroxyl groups is 1. The van der Waals surface area contributed by atoms with Crippen molar-refractivity contribution in [2.75, 3.05) is 11.9 Å². The molecule has 0 unspecified atom stereocenters. The second-order valence-corrected chi connectivity index (χ2v) is 5.74. The van der Waals surface area contributed by atoms with Crippen molar-refractivity contribution >= 4 is 11.6 Å². The average molecular weight is 297 g/mol. The molecule has 0 radical (unpaired) electrons. The summed E-state index contributed by atoms with van der Waals surface area (Å²) in [4.78, 5) is 11.4. The second kappa shape index (κ2) is 5.72. The van der Waals surface area contributed by atoms with E-state index < -0.39 is 0 Å². The van der Waals surface area contributed by atoms with Gasteiger partial charge >= 0.3 is 0 Å². The van der Waals surface area contributed by atoms with Crippen LogP contribution in [0.4, 0.5) is 5.69 Å². The first-order valence-electron chi connectivity index (χ1n) is 7.37. The number of phenols is 1. The predicted molar refractivity (Wildman–Crippen MR) is 85.6 cm³/mol. The molecule has 0 aliphatic carbocycles. The zero-order valence-electron chi connectivity index (χ0n) is 12.8. The zero-order valence-corrected chi connectivity index (χ0v) is 12.8. The Morgan fingerprint density at radius 1 is 1.14 bits per heavy atom. The van der Waals surface area contributed by atoms with E-state index in [1.807, 2.05) is 26.0 Å². The second-order valence-electron chi connectivity index (χ2n) is 5.74. The third-order valence-electron chi connectivity index (χ3n) is 3.97. The highest BCUT2D eigenvalue weighted by atomic mass is 16.5. The third-order valence-corrected chi connectivity index (χ3v) is 3.97. The Balaban J connectivity index is 1.79. The molecule has 2 N–H and O–H groups in total. The minimum Gasteiger partial charge on any atom is -0.508 e. The van der Waals surface area contributed by atoms with Crippen molar-refractivity contribution in [2.24, 2.45) is 0 Å². The predicted octanol–water partition coefficient (Wildman–Crippen LogP) is 3.13. The minimum absolute atomic E-state index is 0.0832. The van der Waals surface area contributed by atoms with Gasteiger partial charge in [-0.25, -0.2) is 0 Å². The van der Waals surface area contributed by atoms with Gasteiger partial charge in [0, 0.05) is 0 Å². The summed E-state index contributed by atoms with van der Waals surface area (Å²) in [7, 11) is 0. The molecule has 0 spiro atoms. The quantitative estimate of drug-likeness (QED) is 0.915. The van der Waals surface area contributed by atoms with E-state index in [1.165, 1.54) is 5.56 Å². The summed E-state index contributed by atoms with van der Waals surface area (Å²) in [6, 6.07) is 9.54. The lowest BCUT2D eigenvalue weighted by Crippen LogP contribution is -2.26. The van der Waals surface area contributed by atoms with Crippen LogP contribution in [-0.4, -0.2) is 17.6 Å². The Labute approximate surface area is 129 Å². The number of carbonyl (C=O) groups is 1. The normalized spacial score (nSPS) is 13.3. The van der Waals surface area contributed by atoms with Crippen molar-refractivity contribution in [1.29, 1.82) is 0 Å². The maximum atomic E-state index is 11.4. The van der Waals surface area contributed by atoms with Gasteiger partial charge in [-0.05, 0) is 67.1 Å². The van der Waals surface area contributed by atoms with E-state index in [1.54, 1.807) is 12.1 Å². The number of phenolic OH excluding ortho intramolecular Hbond substituents is 1. The largest absolute Gasteiger partial charge is 0.508 e. The Hall–Kier alpha value is -2.49. The molecule has 2 aromatic carbocycles. The summed E-state index contributed by atoms with van der Waals surface area (Å²) in [5.41, 5.74) is 5.26. The van der Waals surface area contributed by atoms with Crippen LogP contribution in [0.5, 0.6) is 11.5 Å². The number of aryl methyl sites for hydroxylation is 4. The minimum atomic E-state index is -0.113. The van der Waals surface area contributed by atoms with Crippen molar-refractivity contribution in [1.82, 2.24) is 0 Å². The van der Waals surface area contributed by atoms with Crippen LogP contribution in [-0.2, 0) is 17.6 Å². The van der Waals surface area contributed by atoms with Crippen LogP contribution in [0.2, 0.25) is 0 Å². The van der Waals surface area contributed by atoms with Gasteiger partial charge in [-0.2, -0.15) is 0 Å². The van der Waals surface area contributed by atoms with Gasteiger partial charge in [-0.3, -0.25) is 4.79 Å². The number of anilines is 1. The van der Waals surface area contributed by atoms with Crippen LogP contribution >= 0.6 is 0 Å². The molecule has 22 heavy (non-hydrogen) atoms. The maximum absolute atomic E-state index is 11.4. The standard InChI is InChI=1S/C18H19NO3/c1-11-8-15(20)6-5-14(11)4-3-13-7-12(2)18-16(9-13)19-17(21)10-22-18/h5-9,20H,3-4,10H2,1-2H3,(H,19,21). The first-order chi connectivity index (χ1) is 10.5. The van der Waals surface area contributed by atoms with E-state index in [-0.39, 0.29) is 12.5 Å². The molecule has 1 aliphatic heterocycles. The van der Waals surface area contributed by atoms with Crippen molar-refractivity contribution in [3.8, 4) is 11.5 Å². The van der Waals surface area contributed by atoms with E-state index in [2.05, 4.69) is 11.4 Å². The topological polar surface area (TPSA) is 58.6 Å². The van der Waals surface area contributed by atoms with Gasteiger partial charge in [0.05, 0.1) is 5.69 Å². The van der Waals surface area contributed by atoms with Crippen LogP contribution in [0.3, 0.4) is 0 Å². The lowest BCUT2D eigenvalue weighted by atomic mass is 9.98. The van der Waals surface area contributed by atoms with E-state index in [9.17, 15) is 9.90 Å². The summed E-state index contributed by atoms with van der Waals surface area (Å²) in [5, 5.41) is 12.3. The molecule has 0 bridgehead atoms. The van der Waals surface area contributed by atoms with Crippen LogP contribution in [0.1, 0.15) is 22.3 Å². The lowest BCUT2D eigenvalue weighted by molar-refractivity contribution is -0.118. The van der Waals surface area contributed by atoms with Gasteiger partial charge in [0.15, 0.2) is 6.61 Å². The van der Waals surface area contributed by atoms with Gasteiger partial charge in [0.25, 0.3) is 5.91 Å². The summed E-state index contributed by atoms with van der Waals surface area (Å²) < 4.78 is 5.48. The number of hydrogen-bond donors (Lipinski definition) is 2. The smallest absolute Gasteiger partial charge is 0.262 e. The van der Waals surface area contributed by atoms with Gasteiger partial charge in [-0.1, -0.05) is 12.1 Å². The molecule has 4 nitrogen and oxygen atoms in total. The highest BCUT2D eigenvalue weighted by Crippen LogP contribution is 2.33. The lowest BCUT2D eigenvalue weighted by Gasteiger charge is -2.21. The number of amides is 1. The number of nitrogens with one attached hydrogen (secondary N) is 1. The average Bonchev–Trinajstić information content (AvgIpc) is 2.46. The van der Waals surface area contributed by atoms with E-state index in [0.717, 1.165) is 41.0 Å². The SMILES string of the molecule is Cc1cc(O)ccc1CCc1cc(C)c2c(c1)NC(=O)CO2. The molecule has 4 heteroatoms. The molecule has 114 valence electrons. The Kier molecular flexibility index (Phi) is 3.75. The number of fused-ring (bicyclic) bond motifs is 1. The summed E-state index contributed by atoms with van der Waals surface area (Å²) >= 11 is 0. The van der Waals surface area contributed by atoms with E-state index in [0.29, 0.717) is 5.75 Å². The maximum Gasteiger partial charge on any atom is 0.262 e. The van der Waals surface area contributed by atoms with Gasteiger partial charge < -0.3 is 15.2 Å². The molecule has 0 fully saturated rings. The van der Waals surface area contributed by atoms with Crippen LogP contribution in [0.15, 0.2) is 30.3 Å². The fraction of sp³-hybridized carbons (Fsp3) is 0.278. The summed E-state index contributed by atoms with van der Waals surface area (Å²) in [6.07, 6.45) is 1.76. The van der Waals surface area contributed by atoms with Crippen LogP contribution < -0.4 is 10.1 Å². The Bertz CT molecular complexity index is 737. The molecule has 0 saturated heterocycles.